The van der Waals surface area contributed by atoms with Crippen LogP contribution in [0, 0.1) is 0 Å². The molecule has 1 aromatic carbocycles. The molecule has 0 aliphatic heterocycles. The number of hydrogen-bond acceptors (Lipinski definition) is 3. The number of nitrogens with zero attached hydrogens (tertiary/aromatic N) is 1. The van der Waals surface area contributed by atoms with E-state index in [-0.39, 0.29) is 0 Å². The molecule has 3 nitrogen and oxygen atoms in total. The van der Waals surface area contributed by atoms with Crippen LogP contribution < -0.4 is 5.73 Å². The number of nitrogens with two attached hydrogens (primary N) is 1. The second kappa shape index (κ2) is 3.92. The molecule has 74 valence electrons. The minimum atomic E-state index is 0.776. The number of benzene rings is 1. The van der Waals surface area contributed by atoms with Crippen LogP contribution in [0.4, 0.5) is 5.69 Å². The molecular formula is C10H13N3S. The van der Waals surface area contributed by atoms with E-state index in [0.717, 1.165) is 34.7 Å². The summed E-state index contributed by atoms with van der Waals surface area (Å²) in [6.45, 7) is 0. The number of thioether (sulfide) groups is 1. The lowest BCUT2D eigenvalue weighted by Crippen LogP contribution is -1.89. The summed E-state index contributed by atoms with van der Waals surface area (Å²) in [5.74, 6) is 2.13. The standard InChI is InChI=1S/C10H13N3S/c1-14-5-4-10-12-8-3-2-7(11)6-9(8)13-10/h2-3,6H,4-5,11H2,1H3,(H,12,13). The molecule has 0 spiro atoms. The average Bonchev–Trinajstić information content (AvgIpc) is 2.56. The van der Waals surface area contributed by atoms with Gasteiger partial charge in [0.15, 0.2) is 0 Å². The molecule has 1 aromatic heterocycles. The van der Waals surface area contributed by atoms with Crippen molar-refractivity contribution < 1.29 is 0 Å². The zero-order chi connectivity index (χ0) is 9.97. The number of nitrogen functional groups attached to an aromatic ring is 1. The van der Waals surface area contributed by atoms with Gasteiger partial charge in [-0.25, -0.2) is 4.98 Å². The van der Waals surface area contributed by atoms with E-state index in [2.05, 4.69) is 16.2 Å². The number of fused-ring (bicyclic) bond motifs is 1. The first-order valence-electron chi connectivity index (χ1n) is 4.52. The number of aromatic nitrogens is 2. The van der Waals surface area contributed by atoms with Gasteiger partial charge >= 0.3 is 0 Å². The van der Waals surface area contributed by atoms with Gasteiger partial charge in [-0.15, -0.1) is 0 Å². The van der Waals surface area contributed by atoms with E-state index in [1.165, 1.54) is 0 Å². The van der Waals surface area contributed by atoms with E-state index in [9.17, 15) is 0 Å². The van der Waals surface area contributed by atoms with E-state index >= 15 is 0 Å². The van der Waals surface area contributed by atoms with Crippen molar-refractivity contribution in [2.75, 3.05) is 17.7 Å². The Bertz CT molecular complexity index is 436. The number of aromatic amines is 1. The number of H-pyrrole nitrogens is 1. The molecule has 0 bridgehead atoms. The summed E-state index contributed by atoms with van der Waals surface area (Å²) in [7, 11) is 0. The summed E-state index contributed by atoms with van der Waals surface area (Å²) < 4.78 is 0. The van der Waals surface area contributed by atoms with Gasteiger partial charge in [-0.2, -0.15) is 11.8 Å². The Labute approximate surface area is 87.1 Å². The summed E-state index contributed by atoms with van der Waals surface area (Å²) >= 11 is 1.82. The largest absolute Gasteiger partial charge is 0.399 e. The Morgan fingerprint density at radius 3 is 3.14 bits per heavy atom. The van der Waals surface area contributed by atoms with Crippen LogP contribution in [0.15, 0.2) is 18.2 Å². The van der Waals surface area contributed by atoms with Crippen LogP contribution in [0.2, 0.25) is 0 Å². The maximum absolute atomic E-state index is 5.68. The number of imidazole rings is 1. The van der Waals surface area contributed by atoms with Crippen LogP contribution in [0.5, 0.6) is 0 Å². The van der Waals surface area contributed by atoms with Gasteiger partial charge in [-0.05, 0) is 24.5 Å². The molecular weight excluding hydrogens is 194 g/mol. The molecule has 0 aliphatic carbocycles. The van der Waals surface area contributed by atoms with E-state index in [4.69, 9.17) is 5.73 Å². The van der Waals surface area contributed by atoms with Crippen molar-refractivity contribution in [3.63, 3.8) is 0 Å². The summed E-state index contributed by atoms with van der Waals surface area (Å²) in [6, 6.07) is 5.75. The Balaban J connectivity index is 2.32. The van der Waals surface area contributed by atoms with E-state index in [0.29, 0.717) is 0 Å². The molecule has 0 unspecified atom stereocenters. The van der Waals surface area contributed by atoms with E-state index in [1.807, 2.05) is 30.0 Å². The lowest BCUT2D eigenvalue weighted by molar-refractivity contribution is 1.01. The second-order valence-electron chi connectivity index (χ2n) is 3.20. The molecule has 2 rings (SSSR count). The molecule has 0 fully saturated rings. The average molecular weight is 207 g/mol. The van der Waals surface area contributed by atoms with Gasteiger partial charge in [0.25, 0.3) is 0 Å². The van der Waals surface area contributed by atoms with Gasteiger partial charge in [0.1, 0.15) is 5.82 Å². The zero-order valence-electron chi connectivity index (χ0n) is 8.08. The molecule has 0 saturated heterocycles. The highest BCUT2D eigenvalue weighted by Crippen LogP contribution is 2.15. The third kappa shape index (κ3) is 1.85. The normalized spacial score (nSPS) is 10.9. The third-order valence-corrected chi connectivity index (χ3v) is 2.71. The Morgan fingerprint density at radius 2 is 2.36 bits per heavy atom. The molecule has 0 aliphatic rings. The van der Waals surface area contributed by atoms with Gasteiger partial charge in [-0.3, -0.25) is 0 Å². The Hall–Kier alpha value is -1.16. The molecule has 0 saturated carbocycles. The second-order valence-corrected chi connectivity index (χ2v) is 4.19. The monoisotopic (exact) mass is 207 g/mol. The Kier molecular flexibility index (Phi) is 2.63. The smallest absolute Gasteiger partial charge is 0.108 e. The number of aryl methyl sites for hydroxylation is 1. The number of rotatable bonds is 3. The molecule has 0 radical (unpaired) electrons. The molecule has 14 heavy (non-hydrogen) atoms. The van der Waals surface area contributed by atoms with Gasteiger partial charge in [0.05, 0.1) is 11.0 Å². The van der Waals surface area contributed by atoms with Gasteiger partial charge in [-0.1, -0.05) is 0 Å². The zero-order valence-corrected chi connectivity index (χ0v) is 8.90. The van der Waals surface area contributed by atoms with E-state index in [1.54, 1.807) is 0 Å². The highest BCUT2D eigenvalue weighted by molar-refractivity contribution is 7.98. The summed E-state index contributed by atoms with van der Waals surface area (Å²) in [5, 5.41) is 0. The van der Waals surface area contributed by atoms with E-state index < -0.39 is 0 Å². The molecule has 0 amide bonds. The summed E-state index contributed by atoms with van der Waals surface area (Å²) in [6.07, 6.45) is 3.08. The van der Waals surface area contributed by atoms with Crippen LogP contribution in [0.3, 0.4) is 0 Å². The fourth-order valence-corrected chi connectivity index (χ4v) is 1.79. The van der Waals surface area contributed by atoms with Gasteiger partial charge in [0.2, 0.25) is 0 Å². The van der Waals surface area contributed by atoms with Crippen LogP contribution in [-0.2, 0) is 6.42 Å². The predicted molar refractivity (Wildman–Crippen MR) is 62.6 cm³/mol. The van der Waals surface area contributed by atoms with Crippen molar-refractivity contribution in [1.82, 2.24) is 9.97 Å². The molecule has 1 heterocycles. The number of hydrogen-bond donors (Lipinski definition) is 2. The van der Waals surface area contributed by atoms with Gasteiger partial charge < -0.3 is 10.7 Å². The van der Waals surface area contributed by atoms with Gasteiger partial charge in [0, 0.05) is 17.9 Å². The lowest BCUT2D eigenvalue weighted by atomic mass is 10.3. The maximum atomic E-state index is 5.68. The fourth-order valence-electron chi connectivity index (χ4n) is 1.40. The number of anilines is 1. The number of nitrogens with one attached hydrogen (secondary N) is 1. The quantitative estimate of drug-likeness (QED) is 0.757. The van der Waals surface area contributed by atoms with Crippen molar-refractivity contribution in [2.24, 2.45) is 0 Å². The summed E-state index contributed by atoms with van der Waals surface area (Å²) in [4.78, 5) is 7.73. The van der Waals surface area contributed by atoms with Crippen molar-refractivity contribution >= 4 is 28.5 Å². The van der Waals surface area contributed by atoms with Crippen LogP contribution in [0.1, 0.15) is 5.82 Å². The van der Waals surface area contributed by atoms with Crippen molar-refractivity contribution in [3.05, 3.63) is 24.0 Å². The van der Waals surface area contributed by atoms with Crippen molar-refractivity contribution in [1.29, 1.82) is 0 Å². The Morgan fingerprint density at radius 1 is 1.50 bits per heavy atom. The predicted octanol–water partition coefficient (Wildman–Crippen LogP) is 2.05. The molecule has 2 aromatic rings. The topological polar surface area (TPSA) is 54.7 Å². The molecule has 3 N–H and O–H groups in total. The third-order valence-electron chi connectivity index (χ3n) is 2.10. The van der Waals surface area contributed by atoms with Crippen molar-refractivity contribution in [3.8, 4) is 0 Å². The summed E-state index contributed by atoms with van der Waals surface area (Å²) in [5.41, 5.74) is 8.48. The highest BCUT2D eigenvalue weighted by Gasteiger charge is 2.01. The van der Waals surface area contributed by atoms with Crippen LogP contribution in [0.25, 0.3) is 11.0 Å². The SMILES string of the molecule is CSCCc1nc2ccc(N)cc2[nH]1. The maximum Gasteiger partial charge on any atom is 0.108 e. The van der Waals surface area contributed by atoms with Crippen LogP contribution >= 0.6 is 11.8 Å². The first kappa shape index (κ1) is 9.40. The molecule has 4 heteroatoms. The minimum absolute atomic E-state index is 0.776. The lowest BCUT2D eigenvalue weighted by Gasteiger charge is -1.91. The molecule has 0 atom stereocenters. The minimum Gasteiger partial charge on any atom is -0.399 e. The first-order valence-corrected chi connectivity index (χ1v) is 5.92. The van der Waals surface area contributed by atoms with Crippen LogP contribution in [-0.4, -0.2) is 22.0 Å². The fraction of sp³-hybridized carbons (Fsp3) is 0.300. The highest BCUT2D eigenvalue weighted by atomic mass is 32.2. The van der Waals surface area contributed by atoms with Crippen molar-refractivity contribution in [2.45, 2.75) is 6.42 Å². The first-order chi connectivity index (χ1) is 6.79.